The van der Waals surface area contributed by atoms with Crippen molar-refractivity contribution in [3.8, 4) is 11.3 Å². The van der Waals surface area contributed by atoms with Gasteiger partial charge in [0, 0.05) is 28.6 Å². The van der Waals surface area contributed by atoms with E-state index >= 15 is 0 Å². The molecule has 3 saturated carbocycles. The molecule has 3 aliphatic carbocycles. The van der Waals surface area contributed by atoms with Gasteiger partial charge in [0.05, 0.1) is 24.3 Å². The second kappa shape index (κ2) is 7.83. The van der Waals surface area contributed by atoms with Gasteiger partial charge in [0.2, 0.25) is 0 Å². The third-order valence-corrected chi connectivity index (χ3v) is 8.50. The van der Waals surface area contributed by atoms with E-state index in [1.165, 1.54) is 11.1 Å². The number of imidazole rings is 1. The summed E-state index contributed by atoms with van der Waals surface area (Å²) in [6, 6.07) is 16.1. The lowest BCUT2D eigenvalue weighted by Crippen LogP contribution is -2.59. The highest BCUT2D eigenvalue weighted by Gasteiger charge is 2.53. The highest BCUT2D eigenvalue weighted by molar-refractivity contribution is 5.90. The van der Waals surface area contributed by atoms with Crippen LogP contribution in [0.3, 0.4) is 0 Å². The van der Waals surface area contributed by atoms with E-state index in [9.17, 15) is 9.59 Å². The molecule has 7 rings (SSSR count). The Kier molecular flexibility index (Phi) is 4.87. The molecule has 6 heteroatoms. The van der Waals surface area contributed by atoms with E-state index in [0.717, 1.165) is 55.5 Å². The summed E-state index contributed by atoms with van der Waals surface area (Å²) in [6.45, 7) is 2.03. The van der Waals surface area contributed by atoms with Gasteiger partial charge in [-0.25, -0.2) is 9.78 Å². The first kappa shape index (κ1) is 21.1. The fourth-order valence-corrected chi connectivity index (χ4v) is 6.36. The molecule has 1 aliphatic heterocycles. The SMILES string of the molecule is Cc1ccc(NC(=O)NC23CCC(C(=O)CC4c5ccccc5-c5cncn54)(CC2)CC3)cc1. The van der Waals surface area contributed by atoms with Crippen LogP contribution in [0.15, 0.2) is 61.1 Å². The monoisotopic (exact) mass is 454 g/mol. The number of benzene rings is 2. The Morgan fingerprint density at radius 1 is 1.00 bits per heavy atom. The Morgan fingerprint density at radius 3 is 2.44 bits per heavy atom. The smallest absolute Gasteiger partial charge is 0.319 e. The molecule has 6 nitrogen and oxygen atoms in total. The molecule has 2 heterocycles. The van der Waals surface area contributed by atoms with Crippen LogP contribution in [-0.4, -0.2) is 26.9 Å². The molecule has 0 spiro atoms. The molecule has 2 N–H and O–H groups in total. The first-order valence-corrected chi connectivity index (χ1v) is 12.3. The normalized spacial score (nSPS) is 26.6. The zero-order valence-corrected chi connectivity index (χ0v) is 19.5. The summed E-state index contributed by atoms with van der Waals surface area (Å²) < 4.78 is 2.16. The minimum atomic E-state index is -0.255. The third kappa shape index (κ3) is 3.44. The largest absolute Gasteiger partial charge is 0.332 e. The number of Topliss-reactive ketones (excluding diaryl/α,β-unsaturated/α-hetero) is 1. The molecule has 3 fully saturated rings. The summed E-state index contributed by atoms with van der Waals surface area (Å²) in [4.78, 5) is 30.8. The van der Waals surface area contributed by atoms with Crippen molar-refractivity contribution in [1.82, 2.24) is 14.9 Å². The van der Waals surface area contributed by atoms with Crippen LogP contribution in [-0.2, 0) is 4.79 Å². The number of amides is 2. The van der Waals surface area contributed by atoms with Crippen molar-refractivity contribution < 1.29 is 9.59 Å². The van der Waals surface area contributed by atoms with Gasteiger partial charge >= 0.3 is 6.03 Å². The van der Waals surface area contributed by atoms with Crippen molar-refractivity contribution in [2.75, 3.05) is 5.32 Å². The molecular formula is C28H30N4O2. The topological polar surface area (TPSA) is 76.0 Å². The number of anilines is 1. The van der Waals surface area contributed by atoms with E-state index in [0.29, 0.717) is 12.2 Å². The van der Waals surface area contributed by atoms with Crippen molar-refractivity contribution in [3.63, 3.8) is 0 Å². The number of hydrogen-bond acceptors (Lipinski definition) is 3. The molecule has 2 amide bonds. The second-order valence-electron chi connectivity index (χ2n) is 10.4. The molecule has 2 bridgehead atoms. The Balaban J connectivity index is 1.12. The molecule has 1 unspecified atom stereocenters. The van der Waals surface area contributed by atoms with Crippen LogP contribution in [0, 0.1) is 12.3 Å². The number of nitrogens with zero attached hydrogens (tertiary/aromatic N) is 2. The number of aromatic nitrogens is 2. The fourth-order valence-electron chi connectivity index (χ4n) is 6.36. The molecule has 3 aromatic rings. The standard InChI is InChI=1S/C28H30N4O2/c1-19-6-8-20(9-7-19)30-26(34)31-28-13-10-27(11-14-28,12-15-28)25(33)16-23-21-4-2-3-5-22(21)24-17-29-18-32(23)24/h2-9,17-18,23H,10-16H2,1H3,(H2,30,31,34). The number of fused-ring (bicyclic) bond motifs is 6. The van der Waals surface area contributed by atoms with E-state index in [-0.39, 0.29) is 23.0 Å². The quantitative estimate of drug-likeness (QED) is 0.524. The highest BCUT2D eigenvalue weighted by atomic mass is 16.2. The third-order valence-electron chi connectivity index (χ3n) is 8.50. The molecule has 1 aromatic heterocycles. The van der Waals surface area contributed by atoms with Crippen LogP contribution in [0.5, 0.6) is 0 Å². The van der Waals surface area contributed by atoms with Crippen LogP contribution in [0.4, 0.5) is 10.5 Å². The van der Waals surface area contributed by atoms with Crippen molar-refractivity contribution >= 4 is 17.5 Å². The minimum absolute atomic E-state index is 0.0302. The van der Waals surface area contributed by atoms with Crippen LogP contribution in [0.2, 0.25) is 0 Å². The van der Waals surface area contributed by atoms with Crippen LogP contribution in [0.1, 0.15) is 62.1 Å². The van der Waals surface area contributed by atoms with Gasteiger partial charge in [-0.15, -0.1) is 0 Å². The average Bonchev–Trinajstić information content (AvgIpc) is 3.44. The minimum Gasteiger partial charge on any atom is -0.332 e. The number of carbonyl (C=O) groups excluding carboxylic acids is 2. The number of ketones is 1. The van der Waals surface area contributed by atoms with Gasteiger partial charge in [-0.2, -0.15) is 0 Å². The summed E-state index contributed by atoms with van der Waals surface area (Å²) in [7, 11) is 0. The van der Waals surface area contributed by atoms with Gasteiger partial charge in [-0.05, 0) is 63.1 Å². The van der Waals surface area contributed by atoms with Crippen LogP contribution < -0.4 is 10.6 Å². The van der Waals surface area contributed by atoms with Gasteiger partial charge in [0.1, 0.15) is 5.78 Å². The second-order valence-corrected chi connectivity index (χ2v) is 10.4. The molecule has 34 heavy (non-hydrogen) atoms. The van der Waals surface area contributed by atoms with Gasteiger partial charge in [-0.1, -0.05) is 42.0 Å². The average molecular weight is 455 g/mol. The highest BCUT2D eigenvalue weighted by Crippen LogP contribution is 2.54. The van der Waals surface area contributed by atoms with E-state index < -0.39 is 0 Å². The summed E-state index contributed by atoms with van der Waals surface area (Å²) in [5.74, 6) is 0.367. The van der Waals surface area contributed by atoms with Crippen LogP contribution >= 0.6 is 0 Å². The molecule has 0 radical (unpaired) electrons. The number of aryl methyl sites for hydroxylation is 1. The van der Waals surface area contributed by atoms with E-state index in [4.69, 9.17) is 0 Å². The molecule has 2 aromatic carbocycles. The molecular weight excluding hydrogens is 424 g/mol. The lowest BCUT2D eigenvalue weighted by molar-refractivity contribution is -0.136. The molecule has 0 saturated heterocycles. The van der Waals surface area contributed by atoms with Gasteiger partial charge in [-0.3, -0.25) is 4.79 Å². The van der Waals surface area contributed by atoms with Gasteiger partial charge in [0.25, 0.3) is 0 Å². The van der Waals surface area contributed by atoms with E-state index in [1.54, 1.807) is 0 Å². The van der Waals surface area contributed by atoms with Gasteiger partial charge < -0.3 is 15.2 Å². The Morgan fingerprint density at radius 2 is 1.71 bits per heavy atom. The van der Waals surface area contributed by atoms with Gasteiger partial charge in [0.15, 0.2) is 0 Å². The van der Waals surface area contributed by atoms with Crippen LogP contribution in [0.25, 0.3) is 11.3 Å². The lowest BCUT2D eigenvalue weighted by Gasteiger charge is -2.53. The Labute approximate surface area is 199 Å². The van der Waals surface area contributed by atoms with Crippen molar-refractivity contribution in [3.05, 3.63) is 72.2 Å². The molecule has 4 aliphatic rings. The lowest BCUT2D eigenvalue weighted by atomic mass is 9.55. The van der Waals surface area contributed by atoms with E-state index in [2.05, 4.69) is 38.4 Å². The van der Waals surface area contributed by atoms with Crippen molar-refractivity contribution in [2.24, 2.45) is 5.41 Å². The predicted molar refractivity (Wildman–Crippen MR) is 132 cm³/mol. The number of urea groups is 1. The summed E-state index contributed by atoms with van der Waals surface area (Å²) in [5.41, 5.74) is 5.01. The Bertz CT molecular complexity index is 1230. The maximum Gasteiger partial charge on any atom is 0.319 e. The summed E-state index contributed by atoms with van der Waals surface area (Å²) >= 11 is 0. The summed E-state index contributed by atoms with van der Waals surface area (Å²) in [6.07, 6.45) is 9.38. The van der Waals surface area contributed by atoms with E-state index in [1.807, 2.05) is 49.8 Å². The predicted octanol–water partition coefficient (Wildman–Crippen LogP) is 5.64. The van der Waals surface area contributed by atoms with Crippen molar-refractivity contribution in [2.45, 2.75) is 63.5 Å². The maximum atomic E-state index is 13.7. The number of rotatable bonds is 5. The number of carbonyl (C=O) groups is 2. The summed E-state index contributed by atoms with van der Waals surface area (Å²) in [5, 5.41) is 6.23. The molecule has 1 atom stereocenters. The van der Waals surface area contributed by atoms with Crippen molar-refractivity contribution in [1.29, 1.82) is 0 Å². The zero-order valence-electron chi connectivity index (χ0n) is 19.5. The zero-order chi connectivity index (χ0) is 23.3. The first-order valence-electron chi connectivity index (χ1n) is 12.3. The Hall–Kier alpha value is -3.41. The first-order chi connectivity index (χ1) is 16.5. The number of hydrogen-bond donors (Lipinski definition) is 2. The molecule has 174 valence electrons. The maximum absolute atomic E-state index is 13.7. The fraction of sp³-hybridized carbons (Fsp3) is 0.393. The number of nitrogens with one attached hydrogen (secondary N) is 2.